The molecule has 0 radical (unpaired) electrons. The van der Waals surface area contributed by atoms with E-state index in [1.807, 2.05) is 0 Å². The van der Waals surface area contributed by atoms with Crippen LogP contribution in [0.4, 0.5) is 0 Å². The van der Waals surface area contributed by atoms with Gasteiger partial charge in [-0.3, -0.25) is 0 Å². The van der Waals surface area contributed by atoms with Crippen LogP contribution < -0.4 is 5.32 Å². The van der Waals surface area contributed by atoms with E-state index >= 15 is 0 Å². The van der Waals surface area contributed by atoms with Crippen molar-refractivity contribution in [2.24, 2.45) is 11.3 Å². The highest BCUT2D eigenvalue weighted by Crippen LogP contribution is 2.11. The van der Waals surface area contributed by atoms with Crippen LogP contribution in [-0.2, 0) is 0 Å². The van der Waals surface area contributed by atoms with Crippen LogP contribution in [0.2, 0.25) is 0 Å². The summed E-state index contributed by atoms with van der Waals surface area (Å²) in [6, 6.07) is 0. The van der Waals surface area contributed by atoms with Crippen LogP contribution in [0.5, 0.6) is 0 Å². The highest BCUT2D eigenvalue weighted by atomic mass is 16.3. The molecule has 0 aromatic heterocycles. The fraction of sp³-hybridized carbons (Fsp3) is 1.00. The zero-order valence-corrected chi connectivity index (χ0v) is 9.72. The van der Waals surface area contributed by atoms with E-state index in [1.54, 1.807) is 0 Å². The lowest BCUT2D eigenvalue weighted by Crippen LogP contribution is -2.36. The van der Waals surface area contributed by atoms with E-state index in [9.17, 15) is 5.11 Å². The molecule has 0 spiro atoms. The van der Waals surface area contributed by atoms with Gasteiger partial charge in [-0.15, -0.1) is 0 Å². The average molecular weight is 187 g/mol. The van der Waals surface area contributed by atoms with E-state index in [4.69, 9.17) is 0 Å². The Labute approximate surface area is 82.7 Å². The second-order valence-electron chi connectivity index (χ2n) is 5.14. The molecule has 0 bridgehead atoms. The first-order valence-corrected chi connectivity index (χ1v) is 5.25. The summed E-state index contributed by atoms with van der Waals surface area (Å²) in [5, 5.41) is 12.9. The van der Waals surface area contributed by atoms with Crippen molar-refractivity contribution in [1.29, 1.82) is 0 Å². The normalized spacial score (nSPS) is 17.1. The molecule has 0 aromatic rings. The van der Waals surface area contributed by atoms with Crippen LogP contribution >= 0.6 is 0 Å². The van der Waals surface area contributed by atoms with Gasteiger partial charge in [-0.2, -0.15) is 0 Å². The van der Waals surface area contributed by atoms with Crippen molar-refractivity contribution in [3.63, 3.8) is 0 Å². The van der Waals surface area contributed by atoms with Gasteiger partial charge in [0.25, 0.3) is 0 Å². The average Bonchev–Trinajstić information content (AvgIpc) is 2.00. The van der Waals surface area contributed by atoms with Crippen LogP contribution in [0.15, 0.2) is 0 Å². The maximum atomic E-state index is 9.65. The largest absolute Gasteiger partial charge is 0.392 e. The molecule has 0 heterocycles. The molecule has 0 saturated carbocycles. The molecule has 0 aliphatic carbocycles. The van der Waals surface area contributed by atoms with Gasteiger partial charge in [-0.1, -0.05) is 41.0 Å². The fourth-order valence-electron chi connectivity index (χ4n) is 1.07. The van der Waals surface area contributed by atoms with Crippen LogP contribution in [0.3, 0.4) is 0 Å². The second-order valence-corrected chi connectivity index (χ2v) is 5.14. The Balaban J connectivity index is 3.53. The molecule has 2 unspecified atom stereocenters. The Morgan fingerprint density at radius 2 is 1.85 bits per heavy atom. The van der Waals surface area contributed by atoms with Gasteiger partial charge in [-0.05, 0) is 11.3 Å². The van der Waals surface area contributed by atoms with Crippen molar-refractivity contribution in [1.82, 2.24) is 5.32 Å². The van der Waals surface area contributed by atoms with E-state index in [2.05, 4.69) is 39.9 Å². The molecule has 2 nitrogen and oxygen atoms in total. The van der Waals surface area contributed by atoms with Crippen molar-refractivity contribution in [2.45, 2.75) is 47.1 Å². The fourth-order valence-corrected chi connectivity index (χ4v) is 1.07. The van der Waals surface area contributed by atoms with Crippen molar-refractivity contribution in [3.05, 3.63) is 0 Å². The third-order valence-corrected chi connectivity index (χ3v) is 2.31. The van der Waals surface area contributed by atoms with Crippen LogP contribution in [0, 0.1) is 11.3 Å². The minimum Gasteiger partial charge on any atom is -0.392 e. The molecular formula is C11H25NO. The van der Waals surface area contributed by atoms with Gasteiger partial charge in [-0.25, -0.2) is 0 Å². The third kappa shape index (κ3) is 7.03. The molecule has 0 aliphatic rings. The van der Waals surface area contributed by atoms with Crippen molar-refractivity contribution < 1.29 is 5.11 Å². The lowest BCUT2D eigenvalue weighted by Gasteiger charge is -2.22. The van der Waals surface area contributed by atoms with Crippen molar-refractivity contribution in [3.8, 4) is 0 Å². The number of aliphatic hydroxyl groups excluding tert-OH is 1. The summed E-state index contributed by atoms with van der Waals surface area (Å²) in [6.45, 7) is 12.4. The maximum absolute atomic E-state index is 9.65. The molecule has 0 aromatic carbocycles. The molecule has 0 aliphatic heterocycles. The Bertz CT molecular complexity index is 129. The van der Waals surface area contributed by atoms with E-state index in [0.717, 1.165) is 13.0 Å². The first kappa shape index (κ1) is 12.9. The standard InChI is InChI=1S/C11H25NO/c1-6-9(2)10(13)7-12-8-11(3,4)5/h9-10,12-13H,6-8H2,1-5H3. The summed E-state index contributed by atoms with van der Waals surface area (Å²) in [5.41, 5.74) is 0.301. The Hall–Kier alpha value is -0.0800. The lowest BCUT2D eigenvalue weighted by molar-refractivity contribution is 0.110. The van der Waals surface area contributed by atoms with Crippen LogP contribution in [0.25, 0.3) is 0 Å². The van der Waals surface area contributed by atoms with Crippen molar-refractivity contribution in [2.75, 3.05) is 13.1 Å². The van der Waals surface area contributed by atoms with Gasteiger partial charge in [0.1, 0.15) is 0 Å². The molecular weight excluding hydrogens is 162 g/mol. The van der Waals surface area contributed by atoms with Gasteiger partial charge in [0, 0.05) is 13.1 Å². The van der Waals surface area contributed by atoms with Gasteiger partial charge < -0.3 is 10.4 Å². The molecule has 0 saturated heterocycles. The number of rotatable bonds is 5. The number of aliphatic hydroxyl groups is 1. The summed E-state index contributed by atoms with van der Waals surface area (Å²) in [7, 11) is 0. The minimum absolute atomic E-state index is 0.202. The molecule has 80 valence electrons. The zero-order chi connectivity index (χ0) is 10.5. The molecule has 0 amide bonds. The molecule has 13 heavy (non-hydrogen) atoms. The van der Waals surface area contributed by atoms with Gasteiger partial charge in [0.2, 0.25) is 0 Å². The van der Waals surface area contributed by atoms with E-state index in [0.29, 0.717) is 17.9 Å². The summed E-state index contributed by atoms with van der Waals surface area (Å²) in [4.78, 5) is 0. The second kappa shape index (κ2) is 5.61. The van der Waals surface area contributed by atoms with Gasteiger partial charge in [0.05, 0.1) is 6.10 Å². The number of hydrogen-bond acceptors (Lipinski definition) is 2. The van der Waals surface area contributed by atoms with Crippen LogP contribution in [0.1, 0.15) is 41.0 Å². The highest BCUT2D eigenvalue weighted by molar-refractivity contribution is 4.70. The molecule has 0 rings (SSSR count). The molecule has 2 heteroatoms. The monoisotopic (exact) mass is 187 g/mol. The molecule has 2 N–H and O–H groups in total. The predicted molar refractivity (Wildman–Crippen MR) is 57.8 cm³/mol. The summed E-state index contributed by atoms with van der Waals surface area (Å²) in [5.74, 6) is 0.396. The lowest BCUT2D eigenvalue weighted by atomic mass is 9.96. The zero-order valence-electron chi connectivity index (χ0n) is 9.72. The topological polar surface area (TPSA) is 32.3 Å². The van der Waals surface area contributed by atoms with Crippen LogP contribution in [-0.4, -0.2) is 24.3 Å². The van der Waals surface area contributed by atoms with Gasteiger partial charge in [0.15, 0.2) is 0 Å². The Morgan fingerprint density at radius 1 is 1.31 bits per heavy atom. The first-order chi connectivity index (χ1) is 5.87. The Morgan fingerprint density at radius 3 is 2.23 bits per heavy atom. The van der Waals surface area contributed by atoms with Crippen molar-refractivity contribution >= 4 is 0 Å². The Kier molecular flexibility index (Phi) is 5.57. The van der Waals surface area contributed by atoms with Gasteiger partial charge >= 0.3 is 0 Å². The summed E-state index contributed by atoms with van der Waals surface area (Å²) >= 11 is 0. The smallest absolute Gasteiger partial charge is 0.0689 e. The summed E-state index contributed by atoms with van der Waals surface area (Å²) in [6.07, 6.45) is 0.839. The molecule has 0 fully saturated rings. The van der Waals surface area contributed by atoms with E-state index < -0.39 is 0 Å². The summed E-state index contributed by atoms with van der Waals surface area (Å²) < 4.78 is 0. The highest BCUT2D eigenvalue weighted by Gasteiger charge is 2.14. The SMILES string of the molecule is CCC(C)C(O)CNCC(C)(C)C. The number of hydrogen-bond donors (Lipinski definition) is 2. The molecule has 2 atom stereocenters. The maximum Gasteiger partial charge on any atom is 0.0689 e. The van der Waals surface area contributed by atoms with E-state index in [-0.39, 0.29) is 6.10 Å². The first-order valence-electron chi connectivity index (χ1n) is 5.25. The predicted octanol–water partition coefficient (Wildman–Crippen LogP) is 2.03. The minimum atomic E-state index is -0.202. The third-order valence-electron chi connectivity index (χ3n) is 2.31. The van der Waals surface area contributed by atoms with E-state index in [1.165, 1.54) is 0 Å². The number of nitrogens with one attached hydrogen (secondary N) is 1. The quantitative estimate of drug-likeness (QED) is 0.690.